The van der Waals surface area contributed by atoms with Crippen LogP contribution in [-0.4, -0.2) is 76.7 Å². The summed E-state index contributed by atoms with van der Waals surface area (Å²) in [4.78, 5) is 37.7. The van der Waals surface area contributed by atoms with Crippen molar-refractivity contribution in [2.75, 3.05) is 32.8 Å². The molecule has 0 bridgehead atoms. The number of urea groups is 1. The Kier molecular flexibility index (Phi) is 6.23. The van der Waals surface area contributed by atoms with E-state index in [-0.39, 0.29) is 19.2 Å². The lowest BCUT2D eigenvalue weighted by atomic mass is 10.1. The third-order valence-corrected chi connectivity index (χ3v) is 3.18. The molecular weight excluding hydrogens is 266 g/mol. The van der Waals surface area contributed by atoms with Gasteiger partial charge in [0.25, 0.3) is 0 Å². The van der Waals surface area contributed by atoms with Crippen molar-refractivity contribution in [3.8, 4) is 0 Å². The molecule has 3 amide bonds. The summed E-state index contributed by atoms with van der Waals surface area (Å²) in [5, 5.41) is 20.2. The zero-order chi connectivity index (χ0) is 15.1. The van der Waals surface area contributed by atoms with Crippen molar-refractivity contribution in [2.45, 2.75) is 25.8 Å². The summed E-state index contributed by atoms with van der Waals surface area (Å²) in [6, 6.07) is -1.33. The summed E-state index contributed by atoms with van der Waals surface area (Å²) >= 11 is 0. The molecule has 0 spiro atoms. The van der Waals surface area contributed by atoms with Crippen molar-refractivity contribution in [3.05, 3.63) is 0 Å². The molecule has 1 saturated heterocycles. The van der Waals surface area contributed by atoms with Gasteiger partial charge < -0.3 is 25.3 Å². The van der Waals surface area contributed by atoms with Gasteiger partial charge in [-0.25, -0.2) is 4.79 Å². The predicted molar refractivity (Wildman–Crippen MR) is 70.1 cm³/mol. The Morgan fingerprint density at radius 3 is 2.75 bits per heavy atom. The second-order valence-corrected chi connectivity index (χ2v) is 4.54. The van der Waals surface area contributed by atoms with Crippen LogP contribution < -0.4 is 5.32 Å². The Morgan fingerprint density at radius 1 is 1.50 bits per heavy atom. The van der Waals surface area contributed by atoms with Crippen molar-refractivity contribution in [1.82, 2.24) is 15.1 Å². The van der Waals surface area contributed by atoms with E-state index in [0.29, 0.717) is 26.1 Å². The molecule has 1 rings (SSSR count). The number of aliphatic hydroxyl groups excluding tert-OH is 1. The molecule has 1 aliphatic rings. The van der Waals surface area contributed by atoms with Gasteiger partial charge in [-0.15, -0.1) is 0 Å². The lowest BCUT2D eigenvalue weighted by molar-refractivity contribution is -0.142. The lowest BCUT2D eigenvalue weighted by Crippen LogP contribution is -2.60. The molecule has 8 heteroatoms. The number of aliphatic hydroxyl groups is 1. The van der Waals surface area contributed by atoms with Gasteiger partial charge in [-0.1, -0.05) is 0 Å². The molecule has 0 aromatic heterocycles. The first kappa shape index (κ1) is 16.2. The molecule has 8 nitrogen and oxygen atoms in total. The molecule has 1 unspecified atom stereocenters. The molecule has 0 aliphatic carbocycles. The number of carboxylic acids is 1. The van der Waals surface area contributed by atoms with Crippen LogP contribution in [0.2, 0.25) is 0 Å². The van der Waals surface area contributed by atoms with Crippen LogP contribution in [0.1, 0.15) is 19.8 Å². The first-order chi connectivity index (χ1) is 9.51. The fraction of sp³-hybridized carbons (Fsp3) is 0.750. The minimum Gasteiger partial charge on any atom is -0.481 e. The monoisotopic (exact) mass is 287 g/mol. The van der Waals surface area contributed by atoms with Crippen LogP contribution in [-0.2, 0) is 9.59 Å². The molecule has 0 radical (unpaired) electrons. The van der Waals surface area contributed by atoms with Crippen LogP contribution in [0.25, 0.3) is 0 Å². The highest BCUT2D eigenvalue weighted by molar-refractivity contribution is 5.91. The Bertz CT molecular complexity index is 374. The first-order valence-corrected chi connectivity index (χ1v) is 6.67. The zero-order valence-electron chi connectivity index (χ0n) is 11.5. The number of hydrogen-bond donors (Lipinski definition) is 3. The van der Waals surface area contributed by atoms with Crippen LogP contribution in [0, 0.1) is 0 Å². The Morgan fingerprint density at radius 2 is 2.20 bits per heavy atom. The van der Waals surface area contributed by atoms with Gasteiger partial charge in [0.2, 0.25) is 5.91 Å². The lowest BCUT2D eigenvalue weighted by Gasteiger charge is -2.37. The van der Waals surface area contributed by atoms with Gasteiger partial charge in [0.05, 0.1) is 6.42 Å². The SMILES string of the molecule is CCN(CCCO)C(=O)N1CCNC(=O)C1CC(=O)O. The van der Waals surface area contributed by atoms with Crippen molar-refractivity contribution in [1.29, 1.82) is 0 Å². The molecule has 114 valence electrons. The van der Waals surface area contributed by atoms with E-state index in [2.05, 4.69) is 5.32 Å². The van der Waals surface area contributed by atoms with E-state index < -0.39 is 24.3 Å². The van der Waals surface area contributed by atoms with Gasteiger partial charge >= 0.3 is 12.0 Å². The minimum atomic E-state index is -1.12. The predicted octanol–water partition coefficient (Wildman–Crippen LogP) is -0.914. The van der Waals surface area contributed by atoms with E-state index in [4.69, 9.17) is 10.2 Å². The minimum absolute atomic E-state index is 0.0250. The molecule has 1 heterocycles. The fourth-order valence-corrected chi connectivity index (χ4v) is 2.14. The van der Waals surface area contributed by atoms with Gasteiger partial charge in [0, 0.05) is 32.8 Å². The van der Waals surface area contributed by atoms with E-state index >= 15 is 0 Å². The van der Waals surface area contributed by atoms with Crippen LogP contribution in [0.4, 0.5) is 4.79 Å². The molecule has 0 aromatic rings. The van der Waals surface area contributed by atoms with Crippen LogP contribution in [0.3, 0.4) is 0 Å². The van der Waals surface area contributed by atoms with Crippen molar-refractivity contribution < 1.29 is 24.6 Å². The number of hydrogen-bond acceptors (Lipinski definition) is 4. The second kappa shape index (κ2) is 7.68. The standard InChI is InChI=1S/C12H21N3O5/c1-2-14(5-3-7-16)12(20)15-6-4-13-11(19)9(15)8-10(17)18/h9,16H,2-8H2,1H3,(H,13,19)(H,17,18). The first-order valence-electron chi connectivity index (χ1n) is 6.67. The molecule has 1 aliphatic heterocycles. The summed E-state index contributed by atoms with van der Waals surface area (Å²) in [5.41, 5.74) is 0. The Hall–Kier alpha value is -1.83. The maximum absolute atomic E-state index is 12.4. The third-order valence-electron chi connectivity index (χ3n) is 3.18. The number of piperazine rings is 1. The smallest absolute Gasteiger partial charge is 0.320 e. The van der Waals surface area contributed by atoms with Gasteiger partial charge in [-0.2, -0.15) is 0 Å². The van der Waals surface area contributed by atoms with E-state index in [1.54, 1.807) is 6.92 Å². The number of rotatable bonds is 6. The number of carboxylic acid groups (broad SMARTS) is 1. The normalized spacial score (nSPS) is 18.6. The van der Waals surface area contributed by atoms with E-state index in [9.17, 15) is 14.4 Å². The number of carbonyl (C=O) groups excluding carboxylic acids is 2. The average Bonchev–Trinajstić information content (AvgIpc) is 2.41. The summed E-state index contributed by atoms with van der Waals surface area (Å²) in [6.45, 7) is 3.20. The van der Waals surface area contributed by atoms with Gasteiger partial charge in [0.1, 0.15) is 6.04 Å². The Labute approximate surface area is 117 Å². The number of aliphatic carboxylic acids is 1. The highest BCUT2D eigenvalue weighted by Crippen LogP contribution is 2.12. The fourth-order valence-electron chi connectivity index (χ4n) is 2.14. The molecule has 1 atom stereocenters. The van der Waals surface area contributed by atoms with Gasteiger partial charge in [-0.05, 0) is 13.3 Å². The summed E-state index contributed by atoms with van der Waals surface area (Å²) < 4.78 is 0. The number of nitrogens with zero attached hydrogens (tertiary/aromatic N) is 2. The molecule has 3 N–H and O–H groups in total. The zero-order valence-corrected chi connectivity index (χ0v) is 11.5. The van der Waals surface area contributed by atoms with Gasteiger partial charge in [0.15, 0.2) is 0 Å². The Balaban J connectivity index is 2.79. The van der Waals surface area contributed by atoms with Crippen molar-refractivity contribution >= 4 is 17.9 Å². The van der Waals surface area contributed by atoms with E-state index in [1.165, 1.54) is 9.80 Å². The number of carbonyl (C=O) groups is 3. The topological polar surface area (TPSA) is 110 Å². The molecule has 1 fully saturated rings. The van der Waals surface area contributed by atoms with E-state index in [1.807, 2.05) is 0 Å². The average molecular weight is 287 g/mol. The molecule has 20 heavy (non-hydrogen) atoms. The maximum Gasteiger partial charge on any atom is 0.320 e. The summed E-state index contributed by atoms with van der Waals surface area (Å²) in [5.74, 6) is -1.56. The van der Waals surface area contributed by atoms with Crippen LogP contribution >= 0.6 is 0 Å². The highest BCUT2D eigenvalue weighted by atomic mass is 16.4. The van der Waals surface area contributed by atoms with Crippen LogP contribution in [0.5, 0.6) is 0 Å². The second-order valence-electron chi connectivity index (χ2n) is 4.54. The van der Waals surface area contributed by atoms with E-state index in [0.717, 1.165) is 0 Å². The number of amides is 3. The third kappa shape index (κ3) is 4.09. The largest absolute Gasteiger partial charge is 0.481 e. The quantitative estimate of drug-likeness (QED) is 0.585. The van der Waals surface area contributed by atoms with Crippen molar-refractivity contribution in [2.24, 2.45) is 0 Å². The highest BCUT2D eigenvalue weighted by Gasteiger charge is 2.36. The summed E-state index contributed by atoms with van der Waals surface area (Å²) in [7, 11) is 0. The van der Waals surface area contributed by atoms with Crippen LogP contribution in [0.15, 0.2) is 0 Å². The molecule has 0 saturated carbocycles. The maximum atomic E-state index is 12.4. The molecular formula is C12H21N3O5. The van der Waals surface area contributed by atoms with Gasteiger partial charge in [-0.3, -0.25) is 9.59 Å². The summed E-state index contributed by atoms with van der Waals surface area (Å²) in [6.07, 6.45) is 0.0400. The number of nitrogens with one attached hydrogen (secondary N) is 1. The molecule has 0 aromatic carbocycles. The van der Waals surface area contributed by atoms with Crippen molar-refractivity contribution in [3.63, 3.8) is 0 Å².